The van der Waals surface area contributed by atoms with Crippen LogP contribution in [0, 0.1) is 12.8 Å². The minimum atomic E-state index is 0. The van der Waals surface area contributed by atoms with Crippen molar-refractivity contribution in [3.63, 3.8) is 0 Å². The van der Waals surface area contributed by atoms with Crippen LogP contribution in [0.5, 0.6) is 0 Å². The lowest BCUT2D eigenvalue weighted by atomic mass is 9.83. The highest BCUT2D eigenvalue weighted by molar-refractivity contribution is 5.85. The van der Waals surface area contributed by atoms with E-state index < -0.39 is 0 Å². The van der Waals surface area contributed by atoms with Gasteiger partial charge < -0.3 is 11.1 Å². The molecule has 0 bridgehead atoms. The average Bonchev–Trinajstić information content (AvgIpc) is 2.41. The van der Waals surface area contributed by atoms with Gasteiger partial charge in [0.2, 0.25) is 5.91 Å². The van der Waals surface area contributed by atoms with Crippen LogP contribution in [0.25, 0.3) is 0 Å². The predicted octanol–water partition coefficient (Wildman–Crippen LogP) is 3.50. The average molecular weight is 311 g/mol. The molecule has 3 unspecified atom stereocenters. The molecule has 3 atom stereocenters. The predicted molar refractivity (Wildman–Crippen MR) is 89.5 cm³/mol. The zero-order chi connectivity index (χ0) is 14.5. The van der Waals surface area contributed by atoms with E-state index in [1.165, 1.54) is 24.0 Å². The first-order valence-corrected chi connectivity index (χ1v) is 7.68. The molecule has 1 aromatic rings. The molecule has 4 heteroatoms. The van der Waals surface area contributed by atoms with Gasteiger partial charge in [-0.1, -0.05) is 37.1 Å². The lowest BCUT2D eigenvalue weighted by molar-refractivity contribution is -0.123. The van der Waals surface area contributed by atoms with E-state index in [0.717, 1.165) is 12.8 Å². The second-order valence-corrected chi connectivity index (χ2v) is 6.06. The van der Waals surface area contributed by atoms with Gasteiger partial charge in [-0.15, -0.1) is 12.4 Å². The topological polar surface area (TPSA) is 55.1 Å². The molecule has 0 heterocycles. The molecule has 118 valence electrons. The Balaban J connectivity index is 0.00000220. The van der Waals surface area contributed by atoms with Crippen LogP contribution in [0.3, 0.4) is 0 Å². The minimum absolute atomic E-state index is 0. The number of carbonyl (C=O) groups excluding carboxylic acids is 1. The Hall–Kier alpha value is -1.06. The number of hydrogen-bond donors (Lipinski definition) is 2. The Labute approximate surface area is 134 Å². The van der Waals surface area contributed by atoms with Gasteiger partial charge in [-0.25, -0.2) is 0 Å². The number of amides is 1. The summed E-state index contributed by atoms with van der Waals surface area (Å²) in [7, 11) is 0. The Morgan fingerprint density at radius 2 is 2.00 bits per heavy atom. The van der Waals surface area contributed by atoms with Gasteiger partial charge in [0.25, 0.3) is 0 Å². The van der Waals surface area contributed by atoms with Crippen molar-refractivity contribution < 1.29 is 4.79 Å². The summed E-state index contributed by atoms with van der Waals surface area (Å²) in [5, 5.41) is 3.11. The molecule has 1 aliphatic carbocycles. The molecule has 0 radical (unpaired) electrons. The number of benzene rings is 1. The second kappa shape index (κ2) is 8.40. The number of nitrogens with one attached hydrogen (secondary N) is 1. The molecule has 21 heavy (non-hydrogen) atoms. The maximum Gasteiger partial charge on any atom is 0.220 e. The lowest BCUT2D eigenvalue weighted by Gasteiger charge is -2.28. The van der Waals surface area contributed by atoms with Crippen LogP contribution >= 0.6 is 12.4 Å². The van der Waals surface area contributed by atoms with Crippen LogP contribution in [-0.2, 0) is 4.79 Å². The molecule has 3 N–H and O–H groups in total. The number of halogens is 1. The fourth-order valence-electron chi connectivity index (χ4n) is 3.18. The Bertz CT molecular complexity index is 464. The molecule has 0 aromatic heterocycles. The highest BCUT2D eigenvalue weighted by Gasteiger charge is 2.24. The van der Waals surface area contributed by atoms with Gasteiger partial charge in [0.1, 0.15) is 0 Å². The molecule has 0 aliphatic heterocycles. The standard InChI is InChI=1S/C17H26N2O.ClH/c1-12-7-3-5-9-15(12)13(2)19-17(20)11-14-8-4-6-10-16(14)18;/h3,5,7,9,13-14,16H,4,6,8,10-11,18H2,1-2H3,(H,19,20);1H. The van der Waals surface area contributed by atoms with Gasteiger partial charge in [0.15, 0.2) is 0 Å². The van der Waals surface area contributed by atoms with Crippen LogP contribution in [0.1, 0.15) is 56.2 Å². The van der Waals surface area contributed by atoms with Crippen molar-refractivity contribution in [3.8, 4) is 0 Å². The maximum absolute atomic E-state index is 12.2. The van der Waals surface area contributed by atoms with Gasteiger partial charge in [0.05, 0.1) is 6.04 Å². The van der Waals surface area contributed by atoms with Gasteiger partial charge in [0, 0.05) is 12.5 Å². The van der Waals surface area contributed by atoms with Crippen molar-refractivity contribution in [3.05, 3.63) is 35.4 Å². The summed E-state index contributed by atoms with van der Waals surface area (Å²) in [6, 6.07) is 8.45. The van der Waals surface area contributed by atoms with Crippen molar-refractivity contribution >= 4 is 18.3 Å². The zero-order valence-corrected chi connectivity index (χ0v) is 13.8. The van der Waals surface area contributed by atoms with Crippen LogP contribution in [-0.4, -0.2) is 11.9 Å². The van der Waals surface area contributed by atoms with Crippen LogP contribution in [0.4, 0.5) is 0 Å². The number of hydrogen-bond acceptors (Lipinski definition) is 2. The SMILES string of the molecule is Cc1ccccc1C(C)NC(=O)CC1CCCCC1N.Cl. The summed E-state index contributed by atoms with van der Waals surface area (Å²) in [4.78, 5) is 12.2. The van der Waals surface area contributed by atoms with Crippen molar-refractivity contribution in [1.82, 2.24) is 5.32 Å². The molecule has 1 fully saturated rings. The Kier molecular flexibility index (Phi) is 7.20. The fourth-order valence-corrected chi connectivity index (χ4v) is 3.18. The molecule has 1 saturated carbocycles. The van der Waals surface area contributed by atoms with Crippen molar-refractivity contribution in [2.75, 3.05) is 0 Å². The third-order valence-corrected chi connectivity index (χ3v) is 4.45. The van der Waals surface area contributed by atoms with Crippen LogP contribution < -0.4 is 11.1 Å². The van der Waals surface area contributed by atoms with E-state index in [2.05, 4.69) is 24.4 Å². The van der Waals surface area contributed by atoms with E-state index in [-0.39, 0.29) is 30.4 Å². The van der Waals surface area contributed by atoms with Crippen LogP contribution in [0.15, 0.2) is 24.3 Å². The summed E-state index contributed by atoms with van der Waals surface area (Å²) in [6.45, 7) is 4.12. The summed E-state index contributed by atoms with van der Waals surface area (Å²) in [5.74, 6) is 0.482. The third kappa shape index (κ3) is 5.01. The highest BCUT2D eigenvalue weighted by atomic mass is 35.5. The zero-order valence-electron chi connectivity index (χ0n) is 13.0. The third-order valence-electron chi connectivity index (χ3n) is 4.45. The van der Waals surface area contributed by atoms with Crippen molar-refractivity contribution in [1.29, 1.82) is 0 Å². The van der Waals surface area contributed by atoms with Gasteiger partial charge >= 0.3 is 0 Å². The first kappa shape index (κ1) is 18.0. The summed E-state index contributed by atoms with van der Waals surface area (Å²) in [5.41, 5.74) is 8.52. The van der Waals surface area contributed by atoms with E-state index in [0.29, 0.717) is 12.3 Å². The molecule has 0 saturated heterocycles. The van der Waals surface area contributed by atoms with Crippen molar-refractivity contribution in [2.24, 2.45) is 11.7 Å². The minimum Gasteiger partial charge on any atom is -0.350 e. The quantitative estimate of drug-likeness (QED) is 0.894. The molecular formula is C17H27ClN2O. The number of carbonyl (C=O) groups is 1. The first-order chi connectivity index (χ1) is 9.58. The van der Waals surface area contributed by atoms with Crippen molar-refractivity contribution in [2.45, 2.75) is 58.0 Å². The van der Waals surface area contributed by atoms with E-state index in [9.17, 15) is 4.79 Å². The smallest absolute Gasteiger partial charge is 0.220 e. The lowest BCUT2D eigenvalue weighted by Crippen LogP contribution is -2.37. The van der Waals surface area contributed by atoms with Gasteiger partial charge in [-0.2, -0.15) is 0 Å². The summed E-state index contributed by atoms with van der Waals surface area (Å²) < 4.78 is 0. The number of rotatable bonds is 4. The normalized spacial score (nSPS) is 23.0. The number of aryl methyl sites for hydroxylation is 1. The molecule has 1 amide bonds. The van der Waals surface area contributed by atoms with Gasteiger partial charge in [-0.3, -0.25) is 4.79 Å². The largest absolute Gasteiger partial charge is 0.350 e. The molecule has 1 aliphatic rings. The van der Waals surface area contributed by atoms with E-state index >= 15 is 0 Å². The first-order valence-electron chi connectivity index (χ1n) is 7.68. The molecule has 1 aromatic carbocycles. The summed E-state index contributed by atoms with van der Waals surface area (Å²) in [6.07, 6.45) is 5.13. The van der Waals surface area contributed by atoms with E-state index in [1.54, 1.807) is 0 Å². The van der Waals surface area contributed by atoms with E-state index in [4.69, 9.17) is 5.73 Å². The van der Waals surface area contributed by atoms with Gasteiger partial charge in [-0.05, 0) is 43.7 Å². The van der Waals surface area contributed by atoms with Crippen LogP contribution in [0.2, 0.25) is 0 Å². The Morgan fingerprint density at radius 1 is 1.33 bits per heavy atom. The highest BCUT2D eigenvalue weighted by Crippen LogP contribution is 2.26. The maximum atomic E-state index is 12.2. The Morgan fingerprint density at radius 3 is 2.67 bits per heavy atom. The molecule has 0 spiro atoms. The second-order valence-electron chi connectivity index (χ2n) is 6.06. The summed E-state index contributed by atoms with van der Waals surface area (Å²) >= 11 is 0. The monoisotopic (exact) mass is 310 g/mol. The molecular weight excluding hydrogens is 284 g/mol. The van der Waals surface area contributed by atoms with E-state index in [1.807, 2.05) is 19.1 Å². The molecule has 3 nitrogen and oxygen atoms in total. The molecule has 2 rings (SSSR count). The number of nitrogens with two attached hydrogens (primary N) is 1. The fraction of sp³-hybridized carbons (Fsp3) is 0.588.